The molecule has 0 radical (unpaired) electrons. The predicted octanol–water partition coefficient (Wildman–Crippen LogP) is 6.07. The summed E-state index contributed by atoms with van der Waals surface area (Å²) in [5, 5.41) is 21.2. The minimum absolute atomic E-state index is 0.421. The molecule has 2 aromatic rings. The Morgan fingerprint density at radius 1 is 0.542 bits per heavy atom. The van der Waals surface area contributed by atoms with E-state index in [1.165, 1.54) is 0 Å². The molecule has 2 aromatic carbocycles. The topological polar surface area (TPSA) is 40.5 Å². The largest absolute Gasteiger partial charge is 0.507 e. The lowest BCUT2D eigenvalue weighted by Gasteiger charge is -2.15. The van der Waals surface area contributed by atoms with Gasteiger partial charge in [-0.25, -0.2) is 0 Å². The Bertz CT molecular complexity index is 677. The number of phenolic OH excluding ortho intramolecular Hbond substituents is 2. The molecule has 2 N–H and O–H groups in total. The van der Waals surface area contributed by atoms with E-state index in [2.05, 4.69) is 31.9 Å². The van der Waals surface area contributed by atoms with Crippen LogP contribution in [-0.2, 0) is 25.7 Å². The molecule has 0 aliphatic heterocycles. The Balaban J connectivity index is 1.97. The number of phenols is 2. The lowest BCUT2D eigenvalue weighted by atomic mass is 9.95. The molecule has 0 atom stereocenters. The Morgan fingerprint density at radius 3 is 1.25 bits per heavy atom. The number of aryl methyl sites for hydroxylation is 4. The molecule has 1 aliphatic carbocycles. The number of hydrogen-bond donors (Lipinski definition) is 2. The van der Waals surface area contributed by atoms with Crippen LogP contribution < -0.4 is 0 Å². The second kappa shape index (κ2) is 7.92. The van der Waals surface area contributed by atoms with Crippen molar-refractivity contribution in [2.45, 2.75) is 51.4 Å². The van der Waals surface area contributed by atoms with Crippen LogP contribution in [0.5, 0.6) is 11.5 Å². The third kappa shape index (κ3) is 4.15. The molecular weight excluding hydrogens is 432 g/mol. The summed E-state index contributed by atoms with van der Waals surface area (Å²) >= 11 is 7.13. The van der Waals surface area contributed by atoms with E-state index in [-0.39, 0.29) is 0 Å². The Morgan fingerprint density at radius 2 is 0.875 bits per heavy atom. The summed E-state index contributed by atoms with van der Waals surface area (Å²) in [6.07, 6.45) is 7.70. The van der Waals surface area contributed by atoms with E-state index in [9.17, 15) is 10.2 Å². The highest BCUT2D eigenvalue weighted by Gasteiger charge is 2.14. The number of halogens is 2. The summed E-state index contributed by atoms with van der Waals surface area (Å²) in [5.41, 5.74) is 3.93. The maximum atomic E-state index is 10.6. The number of fused-ring (bicyclic) bond motifs is 4. The van der Waals surface area contributed by atoms with Gasteiger partial charge in [-0.15, -0.1) is 0 Å². The van der Waals surface area contributed by atoms with Crippen LogP contribution in [0.3, 0.4) is 0 Å². The lowest BCUT2D eigenvalue weighted by Crippen LogP contribution is -1.99. The van der Waals surface area contributed by atoms with Crippen LogP contribution in [0.25, 0.3) is 0 Å². The summed E-state index contributed by atoms with van der Waals surface area (Å²) in [7, 11) is 0. The van der Waals surface area contributed by atoms with Gasteiger partial charge in [0.2, 0.25) is 0 Å². The van der Waals surface area contributed by atoms with Crippen LogP contribution in [-0.4, -0.2) is 10.2 Å². The third-order valence-corrected chi connectivity index (χ3v) is 5.69. The Labute approximate surface area is 160 Å². The van der Waals surface area contributed by atoms with Crippen molar-refractivity contribution in [3.05, 3.63) is 55.5 Å². The van der Waals surface area contributed by atoms with Crippen LogP contribution in [0, 0.1) is 0 Å². The highest BCUT2D eigenvalue weighted by Crippen LogP contribution is 2.33. The fourth-order valence-corrected chi connectivity index (χ4v) is 4.56. The van der Waals surface area contributed by atoms with Crippen LogP contribution >= 0.6 is 31.9 Å². The first kappa shape index (κ1) is 17.8. The van der Waals surface area contributed by atoms with Gasteiger partial charge in [-0.3, -0.25) is 0 Å². The second-order valence-electron chi connectivity index (χ2n) is 6.56. The van der Waals surface area contributed by atoms with Crippen molar-refractivity contribution in [2.24, 2.45) is 0 Å². The Kier molecular flexibility index (Phi) is 5.88. The molecule has 3 rings (SSSR count). The smallest absolute Gasteiger partial charge is 0.122 e. The van der Waals surface area contributed by atoms with Crippen molar-refractivity contribution in [3.8, 4) is 11.5 Å². The molecule has 0 amide bonds. The average Bonchev–Trinajstić information content (AvgIpc) is 2.54. The summed E-state index contributed by atoms with van der Waals surface area (Å²) < 4.78 is 2.02. The number of hydrogen-bond acceptors (Lipinski definition) is 2. The fraction of sp³-hybridized carbons (Fsp3) is 0.400. The molecule has 0 saturated carbocycles. The molecular formula is C20H22Br2O2. The standard InChI is InChI=1S/C20H22Br2O2/c21-17-9-13-5-3-1-2-4-6-14-10-18(22)12-16(20(14)24)8-7-15(11-17)19(13)23/h9-12,23-24H,1-8H2. The van der Waals surface area contributed by atoms with Crippen molar-refractivity contribution in [3.63, 3.8) is 0 Å². The minimum atomic E-state index is 0.421. The summed E-state index contributed by atoms with van der Waals surface area (Å²) in [4.78, 5) is 0. The van der Waals surface area contributed by atoms with Crippen molar-refractivity contribution in [1.82, 2.24) is 0 Å². The van der Waals surface area contributed by atoms with Gasteiger partial charge in [-0.2, -0.15) is 0 Å². The number of rotatable bonds is 0. The molecule has 1 aliphatic rings. The summed E-state index contributed by atoms with van der Waals surface area (Å²) in [6.45, 7) is 0. The summed E-state index contributed by atoms with van der Waals surface area (Å²) in [5.74, 6) is 0.843. The van der Waals surface area contributed by atoms with Crippen molar-refractivity contribution in [1.29, 1.82) is 0 Å². The minimum Gasteiger partial charge on any atom is -0.507 e. The molecule has 4 heteroatoms. The van der Waals surface area contributed by atoms with E-state index in [4.69, 9.17) is 0 Å². The average molecular weight is 454 g/mol. The molecule has 24 heavy (non-hydrogen) atoms. The van der Waals surface area contributed by atoms with Gasteiger partial charge >= 0.3 is 0 Å². The van der Waals surface area contributed by atoms with Gasteiger partial charge in [0, 0.05) is 8.95 Å². The molecule has 4 bridgehead atoms. The molecule has 128 valence electrons. The van der Waals surface area contributed by atoms with Gasteiger partial charge in [0.1, 0.15) is 11.5 Å². The van der Waals surface area contributed by atoms with E-state index >= 15 is 0 Å². The molecule has 0 unspecified atom stereocenters. The van der Waals surface area contributed by atoms with Crippen molar-refractivity contribution in [2.75, 3.05) is 0 Å². The van der Waals surface area contributed by atoms with E-state index in [0.717, 1.165) is 69.7 Å². The lowest BCUT2D eigenvalue weighted by molar-refractivity contribution is 0.451. The molecule has 0 spiro atoms. The number of benzene rings is 2. The first-order valence-electron chi connectivity index (χ1n) is 8.55. The highest BCUT2D eigenvalue weighted by atomic mass is 79.9. The van der Waals surface area contributed by atoms with E-state index < -0.39 is 0 Å². The van der Waals surface area contributed by atoms with Gasteiger partial charge in [0.15, 0.2) is 0 Å². The van der Waals surface area contributed by atoms with Gasteiger partial charge in [-0.1, -0.05) is 44.7 Å². The molecule has 0 fully saturated rings. The van der Waals surface area contributed by atoms with E-state index in [1.807, 2.05) is 24.3 Å². The van der Waals surface area contributed by atoms with Crippen LogP contribution in [0.15, 0.2) is 33.2 Å². The van der Waals surface area contributed by atoms with Gasteiger partial charge in [-0.05, 0) is 85.0 Å². The maximum Gasteiger partial charge on any atom is 0.122 e. The zero-order chi connectivity index (χ0) is 17.1. The van der Waals surface area contributed by atoms with Crippen LogP contribution in [0.1, 0.15) is 47.9 Å². The quantitative estimate of drug-likeness (QED) is 0.508. The maximum absolute atomic E-state index is 10.6. The predicted molar refractivity (Wildman–Crippen MR) is 105 cm³/mol. The second-order valence-corrected chi connectivity index (χ2v) is 8.39. The molecule has 0 heterocycles. The van der Waals surface area contributed by atoms with Gasteiger partial charge in [0.25, 0.3) is 0 Å². The SMILES string of the molecule is Oc1c2cc(Br)cc1CCc1cc(Br)cc(c1O)CCCCCC2. The molecule has 0 saturated heterocycles. The van der Waals surface area contributed by atoms with E-state index in [0.29, 0.717) is 24.3 Å². The zero-order valence-corrected chi connectivity index (χ0v) is 16.8. The fourth-order valence-electron chi connectivity index (χ4n) is 3.45. The first-order valence-corrected chi connectivity index (χ1v) is 10.1. The monoisotopic (exact) mass is 452 g/mol. The number of aromatic hydroxyl groups is 2. The van der Waals surface area contributed by atoms with Gasteiger partial charge < -0.3 is 10.2 Å². The highest BCUT2D eigenvalue weighted by molar-refractivity contribution is 9.10. The molecule has 0 aromatic heterocycles. The normalized spacial score (nSPS) is 15.8. The van der Waals surface area contributed by atoms with Crippen LogP contribution in [0.4, 0.5) is 0 Å². The van der Waals surface area contributed by atoms with Gasteiger partial charge in [0.05, 0.1) is 0 Å². The van der Waals surface area contributed by atoms with E-state index in [1.54, 1.807) is 0 Å². The van der Waals surface area contributed by atoms with Crippen molar-refractivity contribution >= 4 is 31.9 Å². The summed E-state index contributed by atoms with van der Waals surface area (Å²) in [6, 6.07) is 8.03. The van der Waals surface area contributed by atoms with Crippen molar-refractivity contribution < 1.29 is 10.2 Å². The zero-order valence-electron chi connectivity index (χ0n) is 13.6. The first-order chi connectivity index (χ1) is 11.5. The molecule has 2 nitrogen and oxygen atoms in total. The Hall–Kier alpha value is -1.00. The third-order valence-electron chi connectivity index (χ3n) is 4.77. The van der Waals surface area contributed by atoms with Crippen LogP contribution in [0.2, 0.25) is 0 Å².